The van der Waals surface area contributed by atoms with E-state index in [-0.39, 0.29) is 5.82 Å². The lowest BCUT2D eigenvalue weighted by Gasteiger charge is -2.12. The van der Waals surface area contributed by atoms with Crippen molar-refractivity contribution in [2.75, 3.05) is 31.6 Å². The van der Waals surface area contributed by atoms with E-state index < -0.39 is 0 Å². The van der Waals surface area contributed by atoms with Crippen molar-refractivity contribution >= 4 is 11.5 Å². The van der Waals surface area contributed by atoms with Gasteiger partial charge in [0.05, 0.1) is 12.4 Å². The molecule has 2 aromatic rings. The number of unbranched alkanes of at least 4 members (excludes halogenated alkanes) is 3. The monoisotopic (exact) mass is 425 g/mol. The van der Waals surface area contributed by atoms with Crippen LogP contribution in [0.2, 0.25) is 0 Å². The van der Waals surface area contributed by atoms with Crippen LogP contribution in [0.25, 0.3) is 0 Å². The van der Waals surface area contributed by atoms with Crippen LogP contribution in [0, 0.1) is 18.7 Å². The van der Waals surface area contributed by atoms with Crippen molar-refractivity contribution in [3.8, 4) is 5.75 Å². The van der Waals surface area contributed by atoms with Gasteiger partial charge in [-0.15, -0.1) is 0 Å². The number of para-hydroxylation sites is 1. The van der Waals surface area contributed by atoms with Gasteiger partial charge in [0.1, 0.15) is 0 Å². The van der Waals surface area contributed by atoms with Gasteiger partial charge in [-0.1, -0.05) is 37.1 Å². The Hall–Kier alpha value is -2.40. The van der Waals surface area contributed by atoms with Crippen molar-refractivity contribution in [1.29, 1.82) is 0 Å². The molecule has 0 bridgehead atoms. The number of ether oxygens (including phenoxy) is 1. The Balaban J connectivity index is 1.32. The molecule has 5 heteroatoms. The lowest BCUT2D eigenvalue weighted by atomic mass is 10.0. The first-order chi connectivity index (χ1) is 15.1. The van der Waals surface area contributed by atoms with E-state index in [0.717, 1.165) is 63.3 Å². The first kappa shape index (κ1) is 23.3. The zero-order valence-corrected chi connectivity index (χ0v) is 18.9. The zero-order chi connectivity index (χ0) is 21.9. The summed E-state index contributed by atoms with van der Waals surface area (Å²) in [5.74, 6) is 1.72. The maximum absolute atomic E-state index is 13.5. The maximum Gasteiger partial charge on any atom is 0.165 e. The summed E-state index contributed by atoms with van der Waals surface area (Å²) >= 11 is 0. The second kappa shape index (κ2) is 12.5. The normalized spacial score (nSPS) is 16.5. The lowest BCUT2D eigenvalue weighted by Crippen LogP contribution is -2.14. The molecule has 1 unspecified atom stereocenters. The molecule has 0 radical (unpaired) electrons. The molecule has 1 heterocycles. The molecule has 4 nitrogen and oxygen atoms in total. The van der Waals surface area contributed by atoms with Crippen LogP contribution in [0.3, 0.4) is 0 Å². The van der Waals surface area contributed by atoms with Crippen LogP contribution in [0.5, 0.6) is 5.75 Å². The van der Waals surface area contributed by atoms with Gasteiger partial charge >= 0.3 is 0 Å². The van der Waals surface area contributed by atoms with E-state index in [1.54, 1.807) is 18.2 Å². The number of benzene rings is 2. The molecule has 2 N–H and O–H groups in total. The quantitative estimate of drug-likeness (QED) is 0.273. The molecule has 0 amide bonds. The van der Waals surface area contributed by atoms with E-state index >= 15 is 0 Å². The van der Waals surface area contributed by atoms with Crippen LogP contribution >= 0.6 is 0 Å². The Labute approximate surface area is 186 Å². The van der Waals surface area contributed by atoms with Gasteiger partial charge in [-0.25, -0.2) is 4.39 Å². The van der Waals surface area contributed by atoms with Crippen molar-refractivity contribution in [3.63, 3.8) is 0 Å². The molecular weight excluding hydrogens is 389 g/mol. The number of hydrogen-bond donors (Lipinski definition) is 2. The minimum absolute atomic E-state index is 0.289. The van der Waals surface area contributed by atoms with Crippen molar-refractivity contribution in [1.82, 2.24) is 5.32 Å². The van der Waals surface area contributed by atoms with Gasteiger partial charge in [-0.05, 0) is 87.9 Å². The molecule has 0 aliphatic carbocycles. The van der Waals surface area contributed by atoms with E-state index in [2.05, 4.69) is 35.8 Å². The average Bonchev–Trinajstić information content (AvgIpc) is 3.28. The first-order valence-electron chi connectivity index (χ1n) is 11.6. The van der Waals surface area contributed by atoms with Crippen LogP contribution in [0.15, 0.2) is 47.5 Å². The van der Waals surface area contributed by atoms with Crippen LogP contribution in [-0.4, -0.2) is 32.1 Å². The van der Waals surface area contributed by atoms with Crippen molar-refractivity contribution in [2.24, 2.45) is 10.9 Å². The summed E-state index contributed by atoms with van der Waals surface area (Å²) in [5.41, 5.74) is 3.77. The topological polar surface area (TPSA) is 45.7 Å². The van der Waals surface area contributed by atoms with Crippen LogP contribution < -0.4 is 15.4 Å². The fourth-order valence-corrected chi connectivity index (χ4v) is 3.92. The first-order valence-corrected chi connectivity index (χ1v) is 11.6. The summed E-state index contributed by atoms with van der Waals surface area (Å²) in [6, 6.07) is 13.2. The Morgan fingerprint density at radius 3 is 2.77 bits per heavy atom. The van der Waals surface area contributed by atoms with Gasteiger partial charge in [0.2, 0.25) is 0 Å². The molecular formula is C26H36FN3O. The highest BCUT2D eigenvalue weighted by atomic mass is 19.1. The highest BCUT2D eigenvalue weighted by molar-refractivity contribution is 5.94. The molecule has 168 valence electrons. The minimum atomic E-state index is -0.289. The average molecular weight is 426 g/mol. The fraction of sp³-hybridized carbons (Fsp3) is 0.500. The highest BCUT2D eigenvalue weighted by Gasteiger charge is 2.13. The lowest BCUT2D eigenvalue weighted by molar-refractivity contribution is 0.290. The third-order valence-corrected chi connectivity index (χ3v) is 5.81. The van der Waals surface area contributed by atoms with Gasteiger partial charge < -0.3 is 15.4 Å². The molecule has 1 saturated heterocycles. The molecule has 1 atom stereocenters. The van der Waals surface area contributed by atoms with Gasteiger partial charge in [-0.3, -0.25) is 4.99 Å². The summed E-state index contributed by atoms with van der Waals surface area (Å²) in [6.45, 7) is 7.87. The number of aliphatic imine (C=N–C) groups is 1. The standard InChI is InChI=1S/C26H36FN3O/c1-20-17-22(9-5-3-4-8-16-31-26-11-7-6-10-24(26)27)12-13-25(20)30-21(2)29-19-23-14-15-28-18-23/h6-7,10-13,17,23,28H,3-5,8-9,14-16,18-19H2,1-2H3,(H,29,30). The van der Waals surface area contributed by atoms with Crippen molar-refractivity contribution in [3.05, 3.63) is 59.4 Å². The molecule has 2 aromatic carbocycles. The van der Waals surface area contributed by atoms with Gasteiger partial charge in [-0.2, -0.15) is 0 Å². The number of rotatable bonds is 11. The van der Waals surface area contributed by atoms with E-state index in [1.165, 1.54) is 23.6 Å². The Bertz CT molecular complexity index is 846. The molecule has 1 fully saturated rings. The predicted octanol–water partition coefficient (Wildman–Crippen LogP) is 5.76. The Kier molecular flexibility index (Phi) is 9.35. The zero-order valence-electron chi connectivity index (χ0n) is 18.9. The number of aryl methyl sites for hydroxylation is 2. The SMILES string of the molecule is CC(=NCC1CCNC1)Nc1ccc(CCCCCCOc2ccccc2F)cc1C. The molecule has 0 saturated carbocycles. The number of anilines is 1. The van der Waals surface area contributed by atoms with E-state index in [9.17, 15) is 4.39 Å². The van der Waals surface area contributed by atoms with Crippen LogP contribution in [0.4, 0.5) is 10.1 Å². The van der Waals surface area contributed by atoms with Gasteiger partial charge in [0, 0.05) is 12.2 Å². The maximum atomic E-state index is 13.5. The molecule has 1 aliphatic rings. The second-order valence-corrected chi connectivity index (χ2v) is 8.50. The third kappa shape index (κ3) is 7.98. The van der Waals surface area contributed by atoms with E-state index in [4.69, 9.17) is 9.73 Å². The molecule has 0 aromatic heterocycles. The number of nitrogens with one attached hydrogen (secondary N) is 2. The highest BCUT2D eigenvalue weighted by Crippen LogP contribution is 2.19. The minimum Gasteiger partial charge on any atom is -0.491 e. The second-order valence-electron chi connectivity index (χ2n) is 8.50. The fourth-order valence-electron chi connectivity index (χ4n) is 3.92. The number of amidine groups is 1. The van der Waals surface area contributed by atoms with E-state index in [1.807, 2.05) is 6.92 Å². The predicted molar refractivity (Wildman–Crippen MR) is 128 cm³/mol. The molecule has 1 aliphatic heterocycles. The summed E-state index contributed by atoms with van der Waals surface area (Å²) < 4.78 is 19.0. The van der Waals surface area contributed by atoms with Gasteiger partial charge in [0.15, 0.2) is 11.6 Å². The smallest absolute Gasteiger partial charge is 0.165 e. The molecule has 31 heavy (non-hydrogen) atoms. The molecule has 0 spiro atoms. The largest absolute Gasteiger partial charge is 0.491 e. The van der Waals surface area contributed by atoms with Crippen molar-refractivity contribution in [2.45, 2.75) is 52.4 Å². The van der Waals surface area contributed by atoms with Crippen molar-refractivity contribution < 1.29 is 9.13 Å². The van der Waals surface area contributed by atoms with E-state index in [0.29, 0.717) is 18.3 Å². The Morgan fingerprint density at radius 2 is 2.00 bits per heavy atom. The molecule has 3 rings (SSSR count). The summed E-state index contributed by atoms with van der Waals surface area (Å²) in [5, 5.41) is 6.85. The number of hydrogen-bond acceptors (Lipinski definition) is 3. The number of nitrogens with zero attached hydrogens (tertiary/aromatic N) is 1. The van der Waals surface area contributed by atoms with Gasteiger partial charge in [0.25, 0.3) is 0 Å². The summed E-state index contributed by atoms with van der Waals surface area (Å²) in [7, 11) is 0. The summed E-state index contributed by atoms with van der Waals surface area (Å²) in [4.78, 5) is 4.71. The Morgan fingerprint density at radius 1 is 1.16 bits per heavy atom. The van der Waals surface area contributed by atoms with Crippen LogP contribution in [-0.2, 0) is 6.42 Å². The summed E-state index contributed by atoms with van der Waals surface area (Å²) in [6.07, 6.45) is 6.66. The third-order valence-electron chi connectivity index (χ3n) is 5.81. The number of halogens is 1. The van der Waals surface area contributed by atoms with Crippen LogP contribution in [0.1, 0.15) is 50.2 Å².